The Morgan fingerprint density at radius 3 is 2.49 bits per heavy atom. The number of amides is 1. The van der Waals surface area contributed by atoms with Gasteiger partial charge in [0.15, 0.2) is 0 Å². The van der Waals surface area contributed by atoms with E-state index in [0.29, 0.717) is 36.8 Å². The fraction of sp³-hybridized carbons (Fsp3) is 0.250. The van der Waals surface area contributed by atoms with E-state index >= 15 is 0 Å². The minimum Gasteiger partial charge on any atom is -0.367 e. The number of fused-ring (bicyclic) bond motifs is 1. The van der Waals surface area contributed by atoms with E-state index in [1.807, 2.05) is 52.1 Å². The molecule has 0 bridgehead atoms. The fourth-order valence-electron chi connectivity index (χ4n) is 4.25. The predicted octanol–water partition coefficient (Wildman–Crippen LogP) is 2.90. The van der Waals surface area contributed by atoms with Crippen LogP contribution in [0.15, 0.2) is 66.3 Å². The van der Waals surface area contributed by atoms with Gasteiger partial charge in [-0.1, -0.05) is 11.6 Å². The third kappa shape index (κ3) is 4.85. The third-order valence-corrected chi connectivity index (χ3v) is 7.14. The molecule has 3 aromatic heterocycles. The van der Waals surface area contributed by atoms with Crippen molar-refractivity contribution in [3.63, 3.8) is 0 Å². The summed E-state index contributed by atoms with van der Waals surface area (Å²) in [5.74, 6) is 0.0499. The van der Waals surface area contributed by atoms with Crippen molar-refractivity contribution in [3.05, 3.63) is 66.2 Å². The van der Waals surface area contributed by atoms with Crippen molar-refractivity contribution >= 4 is 44.1 Å². The van der Waals surface area contributed by atoms with Gasteiger partial charge >= 0.3 is 0 Å². The van der Waals surface area contributed by atoms with Gasteiger partial charge < -0.3 is 14.4 Å². The lowest BCUT2D eigenvalue weighted by molar-refractivity contribution is -0.132. The zero-order valence-corrected chi connectivity index (χ0v) is 20.6. The largest absolute Gasteiger partial charge is 0.367 e. The molecule has 35 heavy (non-hydrogen) atoms. The predicted molar refractivity (Wildman–Crippen MR) is 134 cm³/mol. The van der Waals surface area contributed by atoms with E-state index in [0.717, 1.165) is 28.5 Å². The Kier molecular flexibility index (Phi) is 6.16. The molecule has 4 aromatic rings. The van der Waals surface area contributed by atoms with Gasteiger partial charge in [-0.15, -0.1) is 0 Å². The summed E-state index contributed by atoms with van der Waals surface area (Å²) in [7, 11) is -3.49. The van der Waals surface area contributed by atoms with Crippen molar-refractivity contribution < 1.29 is 13.2 Å². The molecule has 0 spiro atoms. The highest BCUT2D eigenvalue weighted by Gasteiger charge is 2.24. The van der Waals surface area contributed by atoms with E-state index in [9.17, 15) is 13.2 Å². The lowest BCUT2D eigenvalue weighted by atomic mass is 10.1. The zero-order valence-electron chi connectivity index (χ0n) is 19.0. The number of hydrogen-bond acceptors (Lipinski definition) is 7. The maximum Gasteiger partial charge on any atom is 0.246 e. The van der Waals surface area contributed by atoms with Crippen LogP contribution in [0.4, 0.5) is 5.69 Å². The van der Waals surface area contributed by atoms with Gasteiger partial charge in [0, 0.05) is 84.4 Å². The molecule has 1 aromatic carbocycles. The molecular weight excluding hydrogens is 488 g/mol. The second-order valence-corrected chi connectivity index (χ2v) is 10.8. The van der Waals surface area contributed by atoms with Crippen LogP contribution < -0.4 is 4.90 Å². The molecule has 0 radical (unpaired) electrons. The first-order valence-electron chi connectivity index (χ1n) is 11.0. The molecule has 1 amide bonds. The molecule has 0 saturated carbocycles. The van der Waals surface area contributed by atoms with E-state index in [2.05, 4.69) is 19.9 Å². The van der Waals surface area contributed by atoms with E-state index < -0.39 is 9.84 Å². The van der Waals surface area contributed by atoms with Crippen LogP contribution in [0.5, 0.6) is 0 Å². The van der Waals surface area contributed by atoms with Crippen molar-refractivity contribution in [1.29, 1.82) is 0 Å². The Morgan fingerprint density at radius 2 is 1.77 bits per heavy atom. The average molecular weight is 511 g/mol. The van der Waals surface area contributed by atoms with Gasteiger partial charge in [0.2, 0.25) is 20.9 Å². The van der Waals surface area contributed by atoms with E-state index in [1.54, 1.807) is 6.20 Å². The molecule has 5 rings (SSSR count). The number of carbonyl (C=O) groups is 1. The van der Waals surface area contributed by atoms with E-state index in [4.69, 9.17) is 11.6 Å². The molecule has 1 aliphatic rings. The van der Waals surface area contributed by atoms with Crippen LogP contribution in [0.2, 0.25) is 5.02 Å². The molecule has 0 N–H and O–H groups in total. The molecular formula is C24H23ClN6O3S. The van der Waals surface area contributed by atoms with Crippen molar-refractivity contribution in [1.82, 2.24) is 24.4 Å². The molecule has 0 unspecified atom stereocenters. The van der Waals surface area contributed by atoms with Gasteiger partial charge in [0.1, 0.15) is 12.2 Å². The van der Waals surface area contributed by atoms with Crippen LogP contribution in [0.1, 0.15) is 0 Å². The lowest BCUT2D eigenvalue weighted by Gasteiger charge is -2.37. The number of carbonyl (C=O) groups excluding carboxylic acids is 1. The Labute approximate surface area is 207 Å². The number of aromatic nitrogens is 4. The van der Waals surface area contributed by atoms with Crippen LogP contribution in [-0.2, 0) is 21.2 Å². The summed E-state index contributed by atoms with van der Waals surface area (Å²) in [5, 5.41) is 1.34. The summed E-state index contributed by atoms with van der Waals surface area (Å²) in [6, 6.07) is 11.4. The second-order valence-electron chi connectivity index (χ2n) is 8.42. The number of rotatable bonds is 5. The Morgan fingerprint density at radius 1 is 1.03 bits per heavy atom. The van der Waals surface area contributed by atoms with E-state index in [1.165, 1.54) is 12.4 Å². The molecule has 0 atom stereocenters. The zero-order chi connectivity index (χ0) is 24.6. The van der Waals surface area contributed by atoms with Crippen LogP contribution >= 0.6 is 11.6 Å². The van der Waals surface area contributed by atoms with Crippen LogP contribution in [0.3, 0.4) is 0 Å². The molecule has 1 aliphatic heterocycles. The smallest absolute Gasteiger partial charge is 0.246 e. The first-order chi connectivity index (χ1) is 16.8. The van der Waals surface area contributed by atoms with Gasteiger partial charge in [-0.3, -0.25) is 4.79 Å². The van der Waals surface area contributed by atoms with Gasteiger partial charge in [0.25, 0.3) is 0 Å². The standard InChI is InChI=1S/C24H23ClN6O3S/c1-35(33,34)24-27-14-18(15-28-24)20-13-19(25)4-5-21(20)29-9-11-30(12-10-29)22(32)16-31-8-6-17-3-2-7-26-23(17)31/h2-8,13-15H,9-12,16H2,1H3. The first-order valence-corrected chi connectivity index (χ1v) is 13.3. The monoisotopic (exact) mass is 510 g/mol. The summed E-state index contributed by atoms with van der Waals surface area (Å²) in [6.07, 6.45) is 7.68. The first kappa shape index (κ1) is 23.3. The van der Waals surface area contributed by atoms with Gasteiger partial charge in [-0.05, 0) is 36.4 Å². The maximum atomic E-state index is 13.0. The average Bonchev–Trinajstić information content (AvgIpc) is 3.26. The van der Waals surface area contributed by atoms with Gasteiger partial charge in [-0.2, -0.15) is 0 Å². The van der Waals surface area contributed by atoms with Crippen LogP contribution in [0.25, 0.3) is 22.2 Å². The number of piperazine rings is 1. The molecule has 11 heteroatoms. The fourth-order valence-corrected chi connectivity index (χ4v) is 4.91. The lowest BCUT2D eigenvalue weighted by Crippen LogP contribution is -2.49. The SMILES string of the molecule is CS(=O)(=O)c1ncc(-c2cc(Cl)ccc2N2CCN(C(=O)Cn3ccc4cccnc43)CC2)cn1. The van der Waals surface area contributed by atoms with Crippen LogP contribution in [0, 0.1) is 0 Å². The third-order valence-electron chi connectivity index (χ3n) is 6.03. The highest BCUT2D eigenvalue weighted by molar-refractivity contribution is 7.90. The Hall–Kier alpha value is -3.50. The van der Waals surface area contributed by atoms with Gasteiger partial charge in [-0.25, -0.2) is 23.4 Å². The van der Waals surface area contributed by atoms with Gasteiger partial charge in [0.05, 0.1) is 0 Å². The molecule has 180 valence electrons. The molecule has 1 fully saturated rings. The Bertz CT molecular complexity index is 1500. The van der Waals surface area contributed by atoms with Crippen molar-refractivity contribution in [2.45, 2.75) is 11.7 Å². The van der Waals surface area contributed by atoms with Crippen molar-refractivity contribution in [2.75, 3.05) is 37.3 Å². The molecule has 9 nitrogen and oxygen atoms in total. The minimum atomic E-state index is -3.49. The summed E-state index contributed by atoms with van der Waals surface area (Å²) in [4.78, 5) is 29.4. The summed E-state index contributed by atoms with van der Waals surface area (Å²) in [6.45, 7) is 2.70. The quantitative estimate of drug-likeness (QED) is 0.380. The van der Waals surface area contributed by atoms with Crippen LogP contribution in [-0.4, -0.2) is 71.2 Å². The number of nitrogens with zero attached hydrogens (tertiary/aromatic N) is 6. The number of hydrogen-bond donors (Lipinski definition) is 0. The summed E-state index contributed by atoms with van der Waals surface area (Å²) >= 11 is 6.27. The highest BCUT2D eigenvalue weighted by atomic mass is 35.5. The summed E-state index contributed by atoms with van der Waals surface area (Å²) in [5.41, 5.74) is 3.20. The normalized spacial score (nSPS) is 14.5. The number of sulfone groups is 1. The topological polar surface area (TPSA) is 101 Å². The maximum absolute atomic E-state index is 13.0. The Balaban J connectivity index is 1.31. The minimum absolute atomic E-state index is 0.0499. The molecule has 1 saturated heterocycles. The number of halogens is 1. The highest BCUT2D eigenvalue weighted by Crippen LogP contribution is 2.33. The molecule has 0 aliphatic carbocycles. The molecule has 4 heterocycles. The number of pyridine rings is 1. The van der Waals surface area contributed by atoms with Crippen molar-refractivity contribution in [2.24, 2.45) is 0 Å². The number of anilines is 1. The second kappa shape index (κ2) is 9.27. The van der Waals surface area contributed by atoms with E-state index in [-0.39, 0.29) is 17.6 Å². The summed E-state index contributed by atoms with van der Waals surface area (Å²) < 4.78 is 25.3. The number of benzene rings is 1. The van der Waals surface area contributed by atoms with Crippen molar-refractivity contribution in [3.8, 4) is 11.1 Å².